The standard InChI is InChI=1S/C52H98O6/c1-4-7-10-13-16-19-22-24-25-26-27-28-31-33-36-39-42-45-51(54)57-48-49(47-56-50(53)44-41-38-35-32-29-21-18-15-12-9-6-3)58-52(55)46-43-40-37-34-30-23-20-17-14-11-8-5-2/h24-25,49H,4-23,26-48H2,1-3H3/b25-24-/t49-/m0/s1. The molecule has 0 unspecified atom stereocenters. The summed E-state index contributed by atoms with van der Waals surface area (Å²) in [5.41, 5.74) is 0. The first kappa shape index (κ1) is 56.1. The van der Waals surface area contributed by atoms with Gasteiger partial charge < -0.3 is 14.2 Å². The van der Waals surface area contributed by atoms with Crippen LogP contribution in [0.1, 0.15) is 284 Å². The molecule has 0 bridgehead atoms. The molecule has 0 aromatic rings. The van der Waals surface area contributed by atoms with Gasteiger partial charge in [0.15, 0.2) is 6.10 Å². The van der Waals surface area contributed by atoms with E-state index < -0.39 is 6.10 Å². The minimum absolute atomic E-state index is 0.0662. The Hall–Kier alpha value is -1.85. The highest BCUT2D eigenvalue weighted by atomic mass is 16.6. The lowest BCUT2D eigenvalue weighted by atomic mass is 10.0. The first-order valence-electron chi connectivity index (χ1n) is 25.7. The fraction of sp³-hybridized carbons (Fsp3) is 0.904. The van der Waals surface area contributed by atoms with Crippen molar-refractivity contribution in [2.24, 2.45) is 0 Å². The average molecular weight is 819 g/mol. The largest absolute Gasteiger partial charge is 0.462 e. The van der Waals surface area contributed by atoms with E-state index in [9.17, 15) is 14.4 Å². The van der Waals surface area contributed by atoms with Crippen LogP contribution >= 0.6 is 0 Å². The summed E-state index contributed by atoms with van der Waals surface area (Å²) in [6.07, 6.45) is 51.9. The molecule has 0 aromatic carbocycles. The highest BCUT2D eigenvalue weighted by Crippen LogP contribution is 2.16. The summed E-state index contributed by atoms with van der Waals surface area (Å²) in [4.78, 5) is 37.9. The van der Waals surface area contributed by atoms with Crippen LogP contribution in [0.25, 0.3) is 0 Å². The normalized spacial score (nSPS) is 12.0. The monoisotopic (exact) mass is 819 g/mol. The Labute approximate surface area is 360 Å². The average Bonchev–Trinajstić information content (AvgIpc) is 3.22. The Kier molecular flexibility index (Phi) is 46.3. The number of esters is 3. The van der Waals surface area contributed by atoms with Crippen LogP contribution in [0.4, 0.5) is 0 Å². The van der Waals surface area contributed by atoms with Gasteiger partial charge in [0.05, 0.1) is 0 Å². The molecule has 0 heterocycles. The lowest BCUT2D eigenvalue weighted by Gasteiger charge is -2.18. The molecule has 0 rings (SSSR count). The first-order valence-corrected chi connectivity index (χ1v) is 25.7. The minimum atomic E-state index is -0.763. The molecule has 0 saturated carbocycles. The molecule has 0 N–H and O–H groups in total. The van der Waals surface area contributed by atoms with Crippen molar-refractivity contribution in [2.75, 3.05) is 13.2 Å². The Morgan fingerprint density at radius 3 is 0.862 bits per heavy atom. The molecule has 0 aliphatic carbocycles. The van der Waals surface area contributed by atoms with Gasteiger partial charge in [0.1, 0.15) is 13.2 Å². The maximum absolute atomic E-state index is 12.7. The molecule has 6 nitrogen and oxygen atoms in total. The van der Waals surface area contributed by atoms with Crippen LogP contribution in [0.5, 0.6) is 0 Å². The minimum Gasteiger partial charge on any atom is -0.462 e. The predicted molar refractivity (Wildman–Crippen MR) is 247 cm³/mol. The third kappa shape index (κ3) is 45.2. The maximum Gasteiger partial charge on any atom is 0.306 e. The third-order valence-corrected chi connectivity index (χ3v) is 11.5. The second-order valence-corrected chi connectivity index (χ2v) is 17.4. The Morgan fingerprint density at radius 2 is 0.569 bits per heavy atom. The number of unbranched alkanes of at least 4 members (excludes halogenated alkanes) is 34. The van der Waals surface area contributed by atoms with Gasteiger partial charge in [-0.15, -0.1) is 0 Å². The van der Waals surface area contributed by atoms with E-state index >= 15 is 0 Å². The first-order chi connectivity index (χ1) is 28.5. The van der Waals surface area contributed by atoms with Crippen molar-refractivity contribution in [3.8, 4) is 0 Å². The Bertz CT molecular complexity index is 900. The lowest BCUT2D eigenvalue weighted by molar-refractivity contribution is -0.167. The molecule has 0 aliphatic rings. The van der Waals surface area contributed by atoms with Crippen LogP contribution in [0, 0.1) is 0 Å². The van der Waals surface area contributed by atoms with E-state index in [2.05, 4.69) is 32.9 Å². The van der Waals surface area contributed by atoms with Crippen molar-refractivity contribution in [1.29, 1.82) is 0 Å². The molecule has 0 fully saturated rings. The number of rotatable bonds is 47. The number of hydrogen-bond donors (Lipinski definition) is 0. The topological polar surface area (TPSA) is 78.9 Å². The van der Waals surface area contributed by atoms with Gasteiger partial charge in [-0.1, -0.05) is 232 Å². The molecule has 0 spiro atoms. The summed E-state index contributed by atoms with van der Waals surface area (Å²) in [5.74, 6) is -0.856. The molecule has 0 saturated heterocycles. The van der Waals surface area contributed by atoms with E-state index in [4.69, 9.17) is 14.2 Å². The third-order valence-electron chi connectivity index (χ3n) is 11.5. The van der Waals surface area contributed by atoms with Crippen molar-refractivity contribution >= 4 is 17.9 Å². The molecule has 0 amide bonds. The van der Waals surface area contributed by atoms with E-state index in [1.807, 2.05) is 0 Å². The number of ether oxygens (including phenoxy) is 3. The van der Waals surface area contributed by atoms with Gasteiger partial charge in [-0.05, 0) is 44.9 Å². The van der Waals surface area contributed by atoms with Gasteiger partial charge in [0.2, 0.25) is 0 Å². The molecule has 58 heavy (non-hydrogen) atoms. The van der Waals surface area contributed by atoms with E-state index in [1.54, 1.807) is 0 Å². The molecule has 342 valence electrons. The van der Waals surface area contributed by atoms with Crippen LogP contribution in [0.15, 0.2) is 12.2 Å². The highest BCUT2D eigenvalue weighted by molar-refractivity contribution is 5.71. The lowest BCUT2D eigenvalue weighted by Crippen LogP contribution is -2.30. The van der Waals surface area contributed by atoms with Gasteiger partial charge in [0.25, 0.3) is 0 Å². The predicted octanol–water partition coefficient (Wildman–Crippen LogP) is 16.6. The molecule has 0 radical (unpaired) electrons. The zero-order chi connectivity index (χ0) is 42.3. The Morgan fingerprint density at radius 1 is 0.328 bits per heavy atom. The van der Waals surface area contributed by atoms with E-state index in [0.717, 1.165) is 57.8 Å². The van der Waals surface area contributed by atoms with Gasteiger partial charge >= 0.3 is 17.9 Å². The van der Waals surface area contributed by atoms with E-state index in [-0.39, 0.29) is 31.1 Å². The smallest absolute Gasteiger partial charge is 0.306 e. The maximum atomic E-state index is 12.7. The van der Waals surface area contributed by atoms with Crippen molar-refractivity contribution in [3.63, 3.8) is 0 Å². The van der Waals surface area contributed by atoms with Crippen molar-refractivity contribution in [2.45, 2.75) is 290 Å². The van der Waals surface area contributed by atoms with Crippen LogP contribution in [-0.4, -0.2) is 37.2 Å². The number of hydrogen-bond acceptors (Lipinski definition) is 6. The van der Waals surface area contributed by atoms with Gasteiger partial charge in [-0.3, -0.25) is 14.4 Å². The molecule has 0 aromatic heterocycles. The van der Waals surface area contributed by atoms with Crippen molar-refractivity contribution < 1.29 is 28.6 Å². The van der Waals surface area contributed by atoms with Gasteiger partial charge in [-0.2, -0.15) is 0 Å². The molecule has 0 aliphatic heterocycles. The van der Waals surface area contributed by atoms with E-state index in [1.165, 1.54) is 186 Å². The van der Waals surface area contributed by atoms with Crippen LogP contribution in [0.3, 0.4) is 0 Å². The van der Waals surface area contributed by atoms with Gasteiger partial charge in [-0.25, -0.2) is 0 Å². The zero-order valence-corrected chi connectivity index (χ0v) is 39.1. The fourth-order valence-corrected chi connectivity index (χ4v) is 7.61. The molecular formula is C52H98O6. The fourth-order valence-electron chi connectivity index (χ4n) is 7.61. The van der Waals surface area contributed by atoms with E-state index in [0.29, 0.717) is 19.3 Å². The zero-order valence-electron chi connectivity index (χ0n) is 39.1. The van der Waals surface area contributed by atoms with Crippen molar-refractivity contribution in [1.82, 2.24) is 0 Å². The summed E-state index contributed by atoms with van der Waals surface area (Å²) in [7, 11) is 0. The van der Waals surface area contributed by atoms with Crippen LogP contribution in [0.2, 0.25) is 0 Å². The van der Waals surface area contributed by atoms with Crippen molar-refractivity contribution in [3.05, 3.63) is 12.2 Å². The summed E-state index contributed by atoms with van der Waals surface area (Å²) in [5, 5.41) is 0. The van der Waals surface area contributed by atoms with Crippen LogP contribution < -0.4 is 0 Å². The molecule has 1 atom stereocenters. The summed E-state index contributed by atoms with van der Waals surface area (Å²) in [6.45, 7) is 6.65. The molecular weight excluding hydrogens is 721 g/mol. The molecule has 6 heteroatoms. The summed E-state index contributed by atoms with van der Waals surface area (Å²) < 4.78 is 16.8. The summed E-state index contributed by atoms with van der Waals surface area (Å²) in [6, 6.07) is 0. The number of allylic oxidation sites excluding steroid dienone is 2. The SMILES string of the molecule is CCCCCCCC/C=C\CCCCCCCCCC(=O)OC[C@H](COC(=O)CCCCCCCCCCCCC)OC(=O)CCCCCCCCCCCCCC. The number of carbonyl (C=O) groups is 3. The summed E-state index contributed by atoms with van der Waals surface area (Å²) >= 11 is 0. The quantitative estimate of drug-likeness (QED) is 0.0263. The van der Waals surface area contributed by atoms with Gasteiger partial charge in [0, 0.05) is 19.3 Å². The number of carbonyl (C=O) groups excluding carboxylic acids is 3. The second kappa shape index (κ2) is 47.8. The Balaban J connectivity index is 4.30. The second-order valence-electron chi connectivity index (χ2n) is 17.4. The van der Waals surface area contributed by atoms with Crippen LogP contribution in [-0.2, 0) is 28.6 Å². The highest BCUT2D eigenvalue weighted by Gasteiger charge is 2.19.